The third kappa shape index (κ3) is 3.84. The molecule has 0 radical (unpaired) electrons. The average Bonchev–Trinajstić information content (AvgIpc) is 3.51. The summed E-state index contributed by atoms with van der Waals surface area (Å²) in [4.78, 5) is 1.16. The molecule has 1 aliphatic heterocycles. The molecule has 6 aromatic rings. The minimum atomic E-state index is -3.40. The van der Waals surface area contributed by atoms with Gasteiger partial charge in [0.2, 0.25) is 0 Å². The number of hydrogen-bond acceptors (Lipinski definition) is 2. The fourth-order valence-electron chi connectivity index (χ4n) is 5.31. The summed E-state index contributed by atoms with van der Waals surface area (Å²) in [5.41, 5.74) is 6.13. The first-order valence-electron chi connectivity index (χ1n) is 12.9. The quantitative estimate of drug-likeness (QED) is 0.203. The molecule has 1 atom stereocenters. The van der Waals surface area contributed by atoms with Gasteiger partial charge in [-0.3, -0.25) is 13.9 Å². The molecule has 0 saturated carbocycles. The summed E-state index contributed by atoms with van der Waals surface area (Å²) in [5, 5.41) is 1.77. The lowest BCUT2D eigenvalue weighted by Crippen LogP contribution is -2.26. The van der Waals surface area contributed by atoms with Crippen LogP contribution in [0.2, 0.25) is 0 Å². The van der Waals surface area contributed by atoms with Crippen molar-refractivity contribution in [1.82, 2.24) is 0 Å². The molecule has 0 N–H and O–H groups in total. The highest BCUT2D eigenvalue weighted by Crippen LogP contribution is 2.74. The molecule has 0 amide bonds. The number of anilines is 4. The SMILES string of the molecule is O=P1(c2ccccc2)N(c2ccccc2)c2sc(-c3ccccc3)c(-c3ccccc3)c2N1c1ccccc1. The first-order valence-corrected chi connectivity index (χ1v) is 15.3. The summed E-state index contributed by atoms with van der Waals surface area (Å²) < 4.78 is 20.1. The maximum absolute atomic E-state index is 15.9. The molecule has 0 spiro atoms. The third-order valence-corrected chi connectivity index (χ3v) is 11.3. The number of hydrogen-bond donors (Lipinski definition) is 0. The molecule has 0 saturated heterocycles. The average molecular weight is 541 g/mol. The maximum atomic E-state index is 15.9. The van der Waals surface area contributed by atoms with Crippen LogP contribution >= 0.6 is 18.8 Å². The van der Waals surface area contributed by atoms with Crippen molar-refractivity contribution >= 4 is 46.1 Å². The molecule has 1 unspecified atom stereocenters. The van der Waals surface area contributed by atoms with Gasteiger partial charge in [0.25, 0.3) is 0 Å². The standard InChI is InChI=1S/C34H25N2OPS/c37-38(30-24-14-5-15-25-30)35(28-20-10-3-11-21-28)32-31(26-16-6-1-7-17-26)33(27-18-8-2-9-19-27)39-34(32)36(38)29-22-12-4-13-23-29/h1-25H. The van der Waals surface area contributed by atoms with Crippen molar-refractivity contribution in [3.63, 3.8) is 0 Å². The number of benzene rings is 5. The zero-order valence-corrected chi connectivity index (χ0v) is 22.8. The van der Waals surface area contributed by atoms with Gasteiger partial charge < -0.3 is 0 Å². The second-order valence-electron chi connectivity index (χ2n) is 9.37. The van der Waals surface area contributed by atoms with Crippen LogP contribution in [0.15, 0.2) is 152 Å². The maximum Gasteiger partial charge on any atom is 0.302 e. The minimum absolute atomic E-state index is 0.793. The Morgan fingerprint density at radius 1 is 0.487 bits per heavy atom. The highest BCUT2D eigenvalue weighted by atomic mass is 32.1. The summed E-state index contributed by atoms with van der Waals surface area (Å²) in [6.45, 7) is 0. The molecule has 3 nitrogen and oxygen atoms in total. The van der Waals surface area contributed by atoms with E-state index in [9.17, 15) is 0 Å². The predicted molar refractivity (Wildman–Crippen MR) is 166 cm³/mol. The van der Waals surface area contributed by atoms with Gasteiger partial charge in [-0.2, -0.15) is 0 Å². The lowest BCUT2D eigenvalue weighted by molar-refractivity contribution is 0.582. The van der Waals surface area contributed by atoms with E-state index in [0.717, 1.165) is 48.9 Å². The zero-order chi connectivity index (χ0) is 26.2. The fraction of sp³-hybridized carbons (Fsp3) is 0. The largest absolute Gasteiger partial charge is 0.302 e. The Bertz CT molecular complexity index is 1770. The predicted octanol–water partition coefficient (Wildman–Crippen LogP) is 9.89. The van der Waals surface area contributed by atoms with Gasteiger partial charge in [0.05, 0.1) is 16.7 Å². The van der Waals surface area contributed by atoms with Crippen molar-refractivity contribution in [3.8, 4) is 21.6 Å². The highest BCUT2D eigenvalue weighted by molar-refractivity contribution is 7.76. The Kier molecular flexibility index (Phi) is 5.93. The van der Waals surface area contributed by atoms with E-state index in [1.165, 1.54) is 0 Å². The number of para-hydroxylation sites is 2. The van der Waals surface area contributed by atoms with E-state index in [2.05, 4.69) is 82.1 Å². The molecular weight excluding hydrogens is 515 g/mol. The van der Waals surface area contributed by atoms with Crippen LogP contribution in [0, 0.1) is 0 Å². The molecule has 7 rings (SSSR count). The number of nitrogens with zero attached hydrogens (tertiary/aromatic N) is 2. The number of rotatable bonds is 5. The smallest absolute Gasteiger partial charge is 0.269 e. The summed E-state index contributed by atoms with van der Waals surface area (Å²) >= 11 is 1.71. The van der Waals surface area contributed by atoms with E-state index < -0.39 is 7.44 Å². The molecule has 188 valence electrons. The van der Waals surface area contributed by atoms with Gasteiger partial charge in [-0.15, -0.1) is 11.3 Å². The summed E-state index contributed by atoms with van der Waals surface area (Å²) in [7, 11) is -3.40. The molecule has 1 aromatic heterocycles. The van der Waals surface area contributed by atoms with Crippen LogP contribution in [0.3, 0.4) is 0 Å². The number of thiophene rings is 1. The topological polar surface area (TPSA) is 23.6 Å². The first-order chi connectivity index (χ1) is 19.3. The van der Waals surface area contributed by atoms with Crippen molar-refractivity contribution in [2.45, 2.75) is 0 Å². The molecular formula is C34H25N2OPS. The van der Waals surface area contributed by atoms with E-state index in [0.29, 0.717) is 0 Å². The molecule has 5 heteroatoms. The van der Waals surface area contributed by atoms with Crippen LogP contribution in [-0.4, -0.2) is 0 Å². The summed E-state index contributed by atoms with van der Waals surface area (Å²) in [5.74, 6) is 0. The van der Waals surface area contributed by atoms with E-state index in [1.807, 2.05) is 78.9 Å². The van der Waals surface area contributed by atoms with Gasteiger partial charge in [-0.25, -0.2) is 0 Å². The van der Waals surface area contributed by atoms with E-state index >= 15 is 4.57 Å². The van der Waals surface area contributed by atoms with Crippen LogP contribution in [-0.2, 0) is 4.57 Å². The second-order valence-corrected chi connectivity index (χ2v) is 12.8. The van der Waals surface area contributed by atoms with E-state index in [1.54, 1.807) is 11.3 Å². The molecule has 0 aliphatic carbocycles. The van der Waals surface area contributed by atoms with Gasteiger partial charge in [0.15, 0.2) is 0 Å². The van der Waals surface area contributed by atoms with Crippen molar-refractivity contribution in [3.05, 3.63) is 152 Å². The normalized spacial score (nSPS) is 16.3. The lowest BCUT2D eigenvalue weighted by Gasteiger charge is -2.34. The Labute approximate surface area is 232 Å². The van der Waals surface area contributed by atoms with Gasteiger partial charge in [-0.05, 0) is 47.5 Å². The van der Waals surface area contributed by atoms with Crippen molar-refractivity contribution < 1.29 is 4.57 Å². The second kappa shape index (κ2) is 9.74. The van der Waals surface area contributed by atoms with Gasteiger partial charge in [0, 0.05) is 16.1 Å². The van der Waals surface area contributed by atoms with Gasteiger partial charge >= 0.3 is 7.44 Å². The molecule has 39 heavy (non-hydrogen) atoms. The van der Waals surface area contributed by atoms with E-state index in [4.69, 9.17) is 0 Å². The van der Waals surface area contributed by atoms with Crippen LogP contribution in [0.25, 0.3) is 21.6 Å². The van der Waals surface area contributed by atoms with Crippen LogP contribution in [0.1, 0.15) is 0 Å². The van der Waals surface area contributed by atoms with Gasteiger partial charge in [-0.1, -0.05) is 115 Å². The molecule has 0 fully saturated rings. The first kappa shape index (κ1) is 23.7. The Morgan fingerprint density at radius 2 is 0.923 bits per heavy atom. The summed E-state index contributed by atoms with van der Waals surface area (Å²) in [6.07, 6.45) is 0. The third-order valence-electron chi connectivity index (χ3n) is 7.00. The highest BCUT2D eigenvalue weighted by Gasteiger charge is 2.52. The Morgan fingerprint density at radius 3 is 1.46 bits per heavy atom. The Hall–Kier alpha value is -4.37. The minimum Gasteiger partial charge on any atom is -0.269 e. The fourth-order valence-corrected chi connectivity index (χ4v) is 9.98. The van der Waals surface area contributed by atoms with E-state index in [-0.39, 0.29) is 0 Å². The van der Waals surface area contributed by atoms with Crippen LogP contribution < -0.4 is 14.6 Å². The molecule has 2 heterocycles. The molecule has 0 bridgehead atoms. The summed E-state index contributed by atoms with van der Waals surface area (Å²) in [6, 6.07) is 51.2. The monoisotopic (exact) mass is 540 g/mol. The Balaban J connectivity index is 1.63. The van der Waals surface area contributed by atoms with Crippen molar-refractivity contribution in [1.29, 1.82) is 0 Å². The number of fused-ring (bicyclic) bond motifs is 1. The van der Waals surface area contributed by atoms with Gasteiger partial charge in [0.1, 0.15) is 5.00 Å². The molecule has 5 aromatic carbocycles. The molecule has 1 aliphatic rings. The van der Waals surface area contributed by atoms with Crippen LogP contribution in [0.4, 0.5) is 22.1 Å². The zero-order valence-electron chi connectivity index (χ0n) is 21.1. The lowest BCUT2D eigenvalue weighted by atomic mass is 10.0. The van der Waals surface area contributed by atoms with Crippen molar-refractivity contribution in [2.75, 3.05) is 9.34 Å². The van der Waals surface area contributed by atoms with Crippen molar-refractivity contribution in [2.24, 2.45) is 0 Å². The van der Waals surface area contributed by atoms with Crippen LogP contribution in [0.5, 0.6) is 0 Å².